The summed E-state index contributed by atoms with van der Waals surface area (Å²) in [6.07, 6.45) is 0. The van der Waals surface area contributed by atoms with E-state index in [4.69, 9.17) is 0 Å². The molecule has 0 radical (unpaired) electrons. The van der Waals surface area contributed by atoms with Crippen molar-refractivity contribution in [1.82, 2.24) is 5.32 Å². The van der Waals surface area contributed by atoms with Gasteiger partial charge in [-0.3, -0.25) is 9.10 Å². The van der Waals surface area contributed by atoms with Crippen molar-refractivity contribution in [3.05, 3.63) is 83.2 Å². The molecule has 2 aromatic carbocycles. The fourth-order valence-corrected chi connectivity index (χ4v) is 5.26. The van der Waals surface area contributed by atoms with Crippen molar-refractivity contribution in [2.45, 2.75) is 17.2 Å². The Hall–Kier alpha value is -2.78. The second-order valence-electron chi connectivity index (χ2n) is 6.24. The molecule has 0 aliphatic carbocycles. The SMILES string of the molecule is CC(NC(=O)CN(c1ccccc1F)S(=O)(=O)c1cccs1)c1ccc(F)cc1. The summed E-state index contributed by atoms with van der Waals surface area (Å²) in [7, 11) is -4.13. The van der Waals surface area contributed by atoms with Gasteiger partial charge in [-0.15, -0.1) is 11.3 Å². The van der Waals surface area contributed by atoms with Gasteiger partial charge in [-0.1, -0.05) is 30.3 Å². The molecule has 1 unspecified atom stereocenters. The predicted octanol–water partition coefficient (Wildman–Crippen LogP) is 4.10. The van der Waals surface area contributed by atoms with E-state index in [0.717, 1.165) is 21.7 Å². The number of nitrogens with one attached hydrogen (secondary N) is 1. The van der Waals surface area contributed by atoms with Gasteiger partial charge in [0.1, 0.15) is 22.4 Å². The Kier molecular flexibility index (Phi) is 6.29. The summed E-state index contributed by atoms with van der Waals surface area (Å²) in [5.41, 5.74) is 0.434. The molecule has 152 valence electrons. The lowest BCUT2D eigenvalue weighted by Gasteiger charge is -2.24. The molecule has 29 heavy (non-hydrogen) atoms. The molecule has 3 aromatic rings. The standard InChI is InChI=1S/C20H18F2N2O3S2/c1-14(15-8-10-16(21)11-9-15)23-19(25)13-24(18-6-3-2-5-17(18)22)29(26,27)20-7-4-12-28-20/h2-12,14H,13H2,1H3,(H,23,25). The molecule has 0 saturated carbocycles. The summed E-state index contributed by atoms with van der Waals surface area (Å²) in [5, 5.41) is 4.25. The average molecular weight is 437 g/mol. The molecular formula is C20H18F2N2O3S2. The van der Waals surface area contributed by atoms with Crippen molar-refractivity contribution < 1.29 is 22.0 Å². The number of anilines is 1. The number of halogens is 2. The highest BCUT2D eigenvalue weighted by Crippen LogP contribution is 2.28. The first-order chi connectivity index (χ1) is 13.8. The minimum Gasteiger partial charge on any atom is -0.348 e. The highest BCUT2D eigenvalue weighted by Gasteiger charge is 2.30. The van der Waals surface area contributed by atoms with E-state index in [0.29, 0.717) is 5.56 Å². The molecule has 3 rings (SSSR count). The van der Waals surface area contributed by atoms with Gasteiger partial charge in [-0.25, -0.2) is 17.2 Å². The normalized spacial score (nSPS) is 12.4. The van der Waals surface area contributed by atoms with Crippen LogP contribution in [0.2, 0.25) is 0 Å². The summed E-state index contributed by atoms with van der Waals surface area (Å²) in [5.74, 6) is -1.78. The molecule has 0 fully saturated rings. The Morgan fingerprint density at radius 1 is 1.07 bits per heavy atom. The highest BCUT2D eigenvalue weighted by atomic mass is 32.2. The Balaban J connectivity index is 1.86. The van der Waals surface area contributed by atoms with Gasteiger partial charge in [0.15, 0.2) is 0 Å². The van der Waals surface area contributed by atoms with Gasteiger partial charge >= 0.3 is 0 Å². The quantitative estimate of drug-likeness (QED) is 0.607. The van der Waals surface area contributed by atoms with Gasteiger partial charge in [-0.05, 0) is 48.2 Å². The van der Waals surface area contributed by atoms with E-state index in [1.165, 1.54) is 48.5 Å². The van der Waals surface area contributed by atoms with E-state index in [2.05, 4.69) is 5.32 Å². The third-order valence-corrected chi connectivity index (χ3v) is 7.33. The van der Waals surface area contributed by atoms with Gasteiger partial charge in [0.05, 0.1) is 11.7 Å². The second kappa shape index (κ2) is 8.71. The average Bonchev–Trinajstić information content (AvgIpc) is 3.23. The third-order valence-electron chi connectivity index (χ3n) is 4.20. The number of amides is 1. The lowest BCUT2D eigenvalue weighted by molar-refractivity contribution is -0.120. The maximum Gasteiger partial charge on any atom is 0.274 e. The second-order valence-corrected chi connectivity index (χ2v) is 9.27. The fraction of sp³-hybridized carbons (Fsp3) is 0.150. The van der Waals surface area contributed by atoms with E-state index in [1.807, 2.05) is 0 Å². The van der Waals surface area contributed by atoms with E-state index in [1.54, 1.807) is 18.4 Å². The molecule has 0 bridgehead atoms. The Bertz CT molecular complexity index is 1090. The maximum atomic E-state index is 14.4. The number of para-hydroxylation sites is 1. The zero-order valence-electron chi connectivity index (χ0n) is 15.4. The summed E-state index contributed by atoms with van der Waals surface area (Å²) in [4.78, 5) is 12.6. The van der Waals surface area contributed by atoms with E-state index in [9.17, 15) is 22.0 Å². The van der Waals surface area contributed by atoms with Gasteiger partial charge in [0.2, 0.25) is 5.91 Å². The molecule has 1 atom stereocenters. The van der Waals surface area contributed by atoms with E-state index in [-0.39, 0.29) is 9.90 Å². The zero-order valence-corrected chi connectivity index (χ0v) is 17.0. The van der Waals surface area contributed by atoms with Crippen LogP contribution >= 0.6 is 11.3 Å². The van der Waals surface area contributed by atoms with Crippen molar-refractivity contribution in [3.8, 4) is 0 Å². The molecule has 0 saturated heterocycles. The van der Waals surface area contributed by atoms with Gasteiger partial charge in [0.25, 0.3) is 10.0 Å². The molecular weight excluding hydrogens is 418 g/mol. The smallest absolute Gasteiger partial charge is 0.274 e. The van der Waals surface area contributed by atoms with Crippen LogP contribution < -0.4 is 9.62 Å². The van der Waals surface area contributed by atoms with E-state index < -0.39 is 40.2 Å². The Morgan fingerprint density at radius 2 is 1.76 bits per heavy atom. The van der Waals surface area contributed by atoms with Crippen LogP contribution in [0.25, 0.3) is 0 Å². The first kappa shape index (κ1) is 20.9. The molecule has 1 N–H and O–H groups in total. The lowest BCUT2D eigenvalue weighted by atomic mass is 10.1. The fourth-order valence-electron chi connectivity index (χ4n) is 2.72. The van der Waals surface area contributed by atoms with Crippen LogP contribution in [0.3, 0.4) is 0 Å². The van der Waals surface area contributed by atoms with Crippen LogP contribution in [-0.2, 0) is 14.8 Å². The van der Waals surface area contributed by atoms with Crippen molar-refractivity contribution >= 4 is 33.0 Å². The number of benzene rings is 2. The van der Waals surface area contributed by atoms with Crippen LogP contribution in [0.4, 0.5) is 14.5 Å². The number of sulfonamides is 1. The largest absolute Gasteiger partial charge is 0.348 e. The van der Waals surface area contributed by atoms with Crippen molar-refractivity contribution in [2.75, 3.05) is 10.8 Å². The summed E-state index contributed by atoms with van der Waals surface area (Å²) in [6, 6.07) is 13.4. The first-order valence-corrected chi connectivity index (χ1v) is 11.0. The minimum absolute atomic E-state index is 0.000126. The summed E-state index contributed by atoms with van der Waals surface area (Å²) >= 11 is 0.979. The number of hydrogen-bond donors (Lipinski definition) is 1. The molecule has 0 spiro atoms. The lowest BCUT2D eigenvalue weighted by Crippen LogP contribution is -2.41. The minimum atomic E-state index is -4.13. The molecule has 1 heterocycles. The van der Waals surface area contributed by atoms with E-state index >= 15 is 0 Å². The van der Waals surface area contributed by atoms with Crippen molar-refractivity contribution in [1.29, 1.82) is 0 Å². The molecule has 5 nitrogen and oxygen atoms in total. The number of hydrogen-bond acceptors (Lipinski definition) is 4. The Morgan fingerprint density at radius 3 is 2.38 bits per heavy atom. The van der Waals surface area contributed by atoms with Gasteiger partial charge in [-0.2, -0.15) is 0 Å². The molecule has 1 amide bonds. The highest BCUT2D eigenvalue weighted by molar-refractivity contribution is 7.94. The van der Waals surface area contributed by atoms with Gasteiger partial charge < -0.3 is 5.32 Å². The molecule has 9 heteroatoms. The molecule has 0 aliphatic heterocycles. The van der Waals surface area contributed by atoms with Crippen molar-refractivity contribution in [3.63, 3.8) is 0 Å². The predicted molar refractivity (Wildman–Crippen MR) is 108 cm³/mol. The zero-order chi connectivity index (χ0) is 21.0. The number of carbonyl (C=O) groups excluding carboxylic acids is 1. The number of thiophene rings is 1. The topological polar surface area (TPSA) is 66.5 Å². The Labute approximate surface area is 171 Å². The first-order valence-electron chi connectivity index (χ1n) is 8.64. The molecule has 1 aromatic heterocycles. The molecule has 0 aliphatic rings. The summed E-state index contributed by atoms with van der Waals surface area (Å²) < 4.78 is 54.2. The van der Waals surface area contributed by atoms with Crippen LogP contribution in [0.1, 0.15) is 18.5 Å². The number of carbonyl (C=O) groups is 1. The van der Waals surface area contributed by atoms with Crippen molar-refractivity contribution in [2.24, 2.45) is 0 Å². The third kappa shape index (κ3) is 4.80. The number of rotatable bonds is 7. The maximum absolute atomic E-state index is 14.4. The van der Waals surface area contributed by atoms with Crippen LogP contribution in [-0.4, -0.2) is 20.9 Å². The van der Waals surface area contributed by atoms with Crippen LogP contribution in [0.5, 0.6) is 0 Å². The monoisotopic (exact) mass is 436 g/mol. The summed E-state index contributed by atoms with van der Waals surface area (Å²) in [6.45, 7) is 1.08. The number of nitrogens with zero attached hydrogens (tertiary/aromatic N) is 1. The van der Waals surface area contributed by atoms with Gasteiger partial charge in [0, 0.05) is 0 Å². The van der Waals surface area contributed by atoms with Crippen LogP contribution in [0, 0.1) is 11.6 Å². The van der Waals surface area contributed by atoms with Crippen LogP contribution in [0.15, 0.2) is 70.3 Å².